The number of hydrogen-bond acceptors (Lipinski definition) is 5. The molecule has 1 unspecified atom stereocenters. The van der Waals surface area contributed by atoms with Crippen molar-refractivity contribution < 1.29 is 19.1 Å². The third kappa shape index (κ3) is 5.51. The number of fused-ring (bicyclic) bond motifs is 1. The standard InChI is InChI=1S/C25H33IN6O4/c1-5-36-25(3,4)21(29-23(34)28-18-8-6-17(26)7-9-18)22(33)30-12-10-19(11-13-30)31-15-20-14-27-16(2)32(20)24(31)35/h6-9,14,19,21H,5,10-13,15H2,1-4H3,(H2,28,29,34). The molecular weight excluding hydrogens is 575 g/mol. The number of hydrogen-bond donors (Lipinski definition) is 2. The average Bonchev–Trinajstić information content (AvgIpc) is 3.38. The van der Waals surface area contributed by atoms with Gasteiger partial charge in [0.15, 0.2) is 0 Å². The van der Waals surface area contributed by atoms with Crippen molar-refractivity contribution in [1.29, 1.82) is 0 Å². The van der Waals surface area contributed by atoms with Crippen molar-refractivity contribution >= 4 is 46.2 Å². The smallest absolute Gasteiger partial charge is 0.330 e. The van der Waals surface area contributed by atoms with Gasteiger partial charge in [-0.1, -0.05) is 0 Å². The fourth-order valence-electron chi connectivity index (χ4n) is 4.92. The first-order chi connectivity index (χ1) is 17.1. The number of nitrogens with zero attached hydrogens (tertiary/aromatic N) is 4. The fraction of sp³-hybridized carbons (Fsp3) is 0.520. The molecule has 36 heavy (non-hydrogen) atoms. The molecule has 1 aromatic carbocycles. The van der Waals surface area contributed by atoms with Crippen molar-refractivity contribution in [3.8, 4) is 0 Å². The molecule has 0 aliphatic carbocycles. The molecular formula is C25H33IN6O4. The highest BCUT2D eigenvalue weighted by atomic mass is 127. The van der Waals surface area contributed by atoms with Crippen molar-refractivity contribution in [2.24, 2.45) is 0 Å². The van der Waals surface area contributed by atoms with E-state index in [4.69, 9.17) is 4.74 Å². The molecule has 2 N–H and O–H groups in total. The number of amides is 4. The number of urea groups is 1. The summed E-state index contributed by atoms with van der Waals surface area (Å²) in [7, 11) is 0. The van der Waals surface area contributed by atoms with Crippen LogP contribution in [-0.2, 0) is 16.1 Å². The van der Waals surface area contributed by atoms with Crippen LogP contribution in [0.3, 0.4) is 0 Å². The summed E-state index contributed by atoms with van der Waals surface area (Å²) in [4.78, 5) is 47.2. The zero-order chi connectivity index (χ0) is 26.0. The van der Waals surface area contributed by atoms with Crippen molar-refractivity contribution in [3.63, 3.8) is 0 Å². The Morgan fingerprint density at radius 3 is 2.50 bits per heavy atom. The van der Waals surface area contributed by atoms with Crippen LogP contribution in [0.2, 0.25) is 0 Å². The topological polar surface area (TPSA) is 109 Å². The number of piperidine rings is 1. The molecule has 1 saturated heterocycles. The minimum atomic E-state index is -0.912. The highest BCUT2D eigenvalue weighted by Gasteiger charge is 2.42. The zero-order valence-electron chi connectivity index (χ0n) is 21.1. The van der Waals surface area contributed by atoms with Gasteiger partial charge in [-0.05, 0) is 87.4 Å². The molecule has 3 heterocycles. The van der Waals surface area contributed by atoms with E-state index in [0.29, 0.717) is 50.6 Å². The molecule has 4 rings (SSSR count). The van der Waals surface area contributed by atoms with Gasteiger partial charge in [0.05, 0.1) is 24.0 Å². The Morgan fingerprint density at radius 1 is 1.22 bits per heavy atom. The van der Waals surface area contributed by atoms with E-state index >= 15 is 0 Å². The Balaban J connectivity index is 1.40. The van der Waals surface area contributed by atoms with E-state index in [9.17, 15) is 14.4 Å². The van der Waals surface area contributed by atoms with Crippen LogP contribution in [0.15, 0.2) is 30.5 Å². The van der Waals surface area contributed by atoms with Gasteiger partial charge in [0, 0.05) is 35.0 Å². The summed E-state index contributed by atoms with van der Waals surface area (Å²) >= 11 is 2.20. The molecule has 11 heteroatoms. The van der Waals surface area contributed by atoms with Gasteiger partial charge < -0.3 is 25.2 Å². The van der Waals surface area contributed by atoms with Crippen LogP contribution in [0.4, 0.5) is 15.3 Å². The molecule has 1 aromatic heterocycles. The number of rotatable bonds is 7. The molecule has 10 nitrogen and oxygen atoms in total. The van der Waals surface area contributed by atoms with E-state index in [1.807, 2.05) is 56.9 Å². The quantitative estimate of drug-likeness (QED) is 0.468. The van der Waals surface area contributed by atoms with Crippen LogP contribution < -0.4 is 10.6 Å². The lowest BCUT2D eigenvalue weighted by atomic mass is 9.95. The monoisotopic (exact) mass is 608 g/mol. The summed E-state index contributed by atoms with van der Waals surface area (Å²) in [6, 6.07) is 6.08. The van der Waals surface area contributed by atoms with E-state index in [0.717, 1.165) is 9.26 Å². The highest BCUT2D eigenvalue weighted by molar-refractivity contribution is 14.1. The molecule has 2 aromatic rings. The minimum Gasteiger partial charge on any atom is -0.373 e. The van der Waals surface area contributed by atoms with Gasteiger partial charge in [0.1, 0.15) is 11.9 Å². The number of imidazole rings is 1. The van der Waals surface area contributed by atoms with Gasteiger partial charge in [0.25, 0.3) is 0 Å². The maximum atomic E-state index is 13.6. The van der Waals surface area contributed by atoms with Crippen LogP contribution in [0, 0.1) is 10.5 Å². The first kappa shape index (κ1) is 26.4. The summed E-state index contributed by atoms with van der Waals surface area (Å²) in [6.07, 6.45) is 3.09. The number of benzene rings is 1. The van der Waals surface area contributed by atoms with Crippen molar-refractivity contribution in [1.82, 2.24) is 24.7 Å². The number of ether oxygens (including phenoxy) is 1. The maximum absolute atomic E-state index is 13.6. The van der Waals surface area contributed by atoms with Crippen LogP contribution in [0.5, 0.6) is 0 Å². The highest BCUT2D eigenvalue weighted by Crippen LogP contribution is 2.27. The third-order valence-corrected chi connectivity index (χ3v) is 7.55. The number of likely N-dealkylation sites (tertiary alicyclic amines) is 1. The van der Waals surface area contributed by atoms with Crippen molar-refractivity contribution in [3.05, 3.63) is 45.6 Å². The van der Waals surface area contributed by atoms with Gasteiger partial charge in [-0.25, -0.2) is 14.6 Å². The number of aromatic nitrogens is 2. The predicted molar refractivity (Wildman–Crippen MR) is 144 cm³/mol. The van der Waals surface area contributed by atoms with E-state index < -0.39 is 17.7 Å². The Labute approximate surface area is 224 Å². The Hall–Kier alpha value is -2.67. The number of anilines is 1. The number of nitrogens with one attached hydrogen (secondary N) is 2. The van der Waals surface area contributed by atoms with Gasteiger partial charge in [0.2, 0.25) is 5.91 Å². The lowest BCUT2D eigenvalue weighted by Crippen LogP contribution is -2.61. The second kappa shape index (κ2) is 10.8. The third-order valence-electron chi connectivity index (χ3n) is 6.83. The Morgan fingerprint density at radius 2 is 1.89 bits per heavy atom. The predicted octanol–water partition coefficient (Wildman–Crippen LogP) is 3.58. The largest absolute Gasteiger partial charge is 0.373 e. The summed E-state index contributed by atoms with van der Waals surface area (Å²) in [6.45, 7) is 9.26. The summed E-state index contributed by atoms with van der Waals surface area (Å²) in [5.41, 5.74) is 0.628. The number of aryl methyl sites for hydroxylation is 1. The summed E-state index contributed by atoms with van der Waals surface area (Å²) in [5, 5.41) is 5.65. The molecule has 0 bridgehead atoms. The molecule has 1 atom stereocenters. The molecule has 4 amide bonds. The maximum Gasteiger partial charge on any atom is 0.330 e. The first-order valence-corrected chi connectivity index (χ1v) is 13.3. The van der Waals surface area contributed by atoms with Gasteiger partial charge in [-0.15, -0.1) is 0 Å². The average molecular weight is 608 g/mol. The molecule has 0 spiro atoms. The number of halogens is 1. The fourth-order valence-corrected chi connectivity index (χ4v) is 5.28. The van der Waals surface area contributed by atoms with Gasteiger partial charge in [-0.3, -0.25) is 9.36 Å². The number of carbonyl (C=O) groups excluding carboxylic acids is 3. The lowest BCUT2D eigenvalue weighted by molar-refractivity contribution is -0.143. The molecule has 2 aliphatic rings. The number of carbonyl (C=O) groups is 3. The second-order valence-electron chi connectivity index (χ2n) is 9.67. The Kier molecular flexibility index (Phi) is 7.88. The van der Waals surface area contributed by atoms with Crippen LogP contribution in [0.25, 0.3) is 0 Å². The minimum absolute atomic E-state index is 0.0472. The van der Waals surface area contributed by atoms with Crippen molar-refractivity contribution in [2.45, 2.75) is 64.8 Å². The van der Waals surface area contributed by atoms with E-state index in [1.165, 1.54) is 0 Å². The molecule has 1 fully saturated rings. The normalized spacial score (nSPS) is 17.2. The molecule has 194 valence electrons. The first-order valence-electron chi connectivity index (χ1n) is 12.2. The van der Waals surface area contributed by atoms with Gasteiger partial charge in [-0.2, -0.15) is 0 Å². The molecule has 0 saturated carbocycles. The summed E-state index contributed by atoms with van der Waals surface area (Å²) < 4.78 is 8.59. The summed E-state index contributed by atoms with van der Waals surface area (Å²) in [5.74, 6) is 0.504. The van der Waals surface area contributed by atoms with Gasteiger partial charge >= 0.3 is 12.1 Å². The van der Waals surface area contributed by atoms with Crippen LogP contribution in [-0.4, -0.2) is 74.7 Å². The Bertz CT molecular complexity index is 1120. The lowest BCUT2D eigenvalue weighted by Gasteiger charge is -2.41. The zero-order valence-corrected chi connectivity index (χ0v) is 23.2. The van der Waals surface area contributed by atoms with E-state index in [2.05, 4.69) is 38.2 Å². The molecule has 0 radical (unpaired) electrons. The van der Waals surface area contributed by atoms with Crippen molar-refractivity contribution in [2.75, 3.05) is 25.0 Å². The van der Waals surface area contributed by atoms with E-state index in [1.54, 1.807) is 15.7 Å². The SMILES string of the molecule is CCOC(C)(C)C(NC(=O)Nc1ccc(I)cc1)C(=O)N1CCC(N2Cc3cnc(C)n3C2=O)CC1. The second-order valence-corrected chi connectivity index (χ2v) is 10.9. The molecule has 2 aliphatic heterocycles. The van der Waals surface area contributed by atoms with Crippen LogP contribution in [0.1, 0.15) is 45.1 Å². The van der Waals surface area contributed by atoms with E-state index in [-0.39, 0.29) is 18.0 Å². The van der Waals surface area contributed by atoms with Crippen LogP contribution >= 0.6 is 22.6 Å².